The van der Waals surface area contributed by atoms with E-state index in [1.165, 1.54) is 17.1 Å². The van der Waals surface area contributed by atoms with Crippen molar-refractivity contribution in [2.75, 3.05) is 18.4 Å². The quantitative estimate of drug-likeness (QED) is 0.629. The van der Waals surface area contributed by atoms with E-state index in [0.29, 0.717) is 11.4 Å². The van der Waals surface area contributed by atoms with Gasteiger partial charge in [-0.3, -0.25) is 4.79 Å². The highest BCUT2D eigenvalue weighted by atomic mass is 32.2. The van der Waals surface area contributed by atoms with E-state index in [0.717, 1.165) is 16.4 Å². The highest BCUT2D eigenvalue weighted by Crippen LogP contribution is 2.22. The Balaban J connectivity index is 1.83. The summed E-state index contributed by atoms with van der Waals surface area (Å²) in [5, 5.41) is 13.5. The number of tetrazole rings is 1. The minimum atomic E-state index is -4.03. The zero-order valence-corrected chi connectivity index (χ0v) is 16.6. The number of carbonyl (C=O) groups excluding carboxylic acids is 1. The average Bonchev–Trinajstić information content (AvgIpc) is 3.24. The summed E-state index contributed by atoms with van der Waals surface area (Å²) in [6.45, 7) is 3.72. The van der Waals surface area contributed by atoms with Crippen molar-refractivity contribution in [3.05, 3.63) is 60.2 Å². The van der Waals surface area contributed by atoms with E-state index in [9.17, 15) is 17.6 Å². The minimum Gasteiger partial charge on any atom is -0.322 e. The third-order valence-corrected chi connectivity index (χ3v) is 6.32. The number of benzene rings is 2. The summed E-state index contributed by atoms with van der Waals surface area (Å²) < 4.78 is 42.1. The lowest BCUT2D eigenvalue weighted by molar-refractivity contribution is 0.102. The van der Waals surface area contributed by atoms with Crippen LogP contribution in [0.4, 0.5) is 10.1 Å². The summed E-state index contributed by atoms with van der Waals surface area (Å²) in [5.41, 5.74) is 1.20. The first-order valence-corrected chi connectivity index (χ1v) is 10.2. The van der Waals surface area contributed by atoms with Gasteiger partial charge in [-0.25, -0.2) is 17.5 Å². The number of nitrogens with one attached hydrogen (secondary N) is 1. The minimum absolute atomic E-state index is 0.0293. The predicted octanol–water partition coefficient (Wildman–Crippen LogP) is 2.08. The Labute approximate surface area is 167 Å². The van der Waals surface area contributed by atoms with Gasteiger partial charge in [0.25, 0.3) is 5.91 Å². The van der Waals surface area contributed by atoms with E-state index >= 15 is 0 Å². The number of amides is 1. The molecule has 9 nitrogen and oxygen atoms in total. The van der Waals surface area contributed by atoms with Gasteiger partial charge in [-0.1, -0.05) is 13.8 Å². The highest BCUT2D eigenvalue weighted by molar-refractivity contribution is 7.89. The van der Waals surface area contributed by atoms with Crippen LogP contribution in [-0.4, -0.2) is 51.9 Å². The van der Waals surface area contributed by atoms with Crippen LogP contribution in [0, 0.1) is 5.82 Å². The molecule has 11 heteroatoms. The molecular formula is C18H19FN6O3S. The summed E-state index contributed by atoms with van der Waals surface area (Å²) in [5.74, 6) is -1.46. The lowest BCUT2D eigenvalue weighted by Gasteiger charge is -2.19. The number of hydrogen-bond acceptors (Lipinski definition) is 6. The van der Waals surface area contributed by atoms with E-state index in [2.05, 4.69) is 20.8 Å². The Kier molecular flexibility index (Phi) is 5.99. The molecule has 152 valence electrons. The van der Waals surface area contributed by atoms with Crippen LogP contribution in [0.1, 0.15) is 24.2 Å². The van der Waals surface area contributed by atoms with Crippen LogP contribution in [0.15, 0.2) is 53.7 Å². The Morgan fingerprint density at radius 1 is 1.14 bits per heavy atom. The molecule has 0 fully saturated rings. The van der Waals surface area contributed by atoms with Crippen molar-refractivity contribution in [1.29, 1.82) is 0 Å². The number of hydrogen-bond donors (Lipinski definition) is 1. The molecule has 0 saturated carbocycles. The number of nitrogens with zero attached hydrogens (tertiary/aromatic N) is 5. The van der Waals surface area contributed by atoms with Gasteiger partial charge in [-0.15, -0.1) is 5.10 Å². The lowest BCUT2D eigenvalue weighted by Crippen LogP contribution is -2.31. The third kappa shape index (κ3) is 4.30. The van der Waals surface area contributed by atoms with Gasteiger partial charge >= 0.3 is 0 Å². The molecule has 0 aliphatic carbocycles. The van der Waals surface area contributed by atoms with Crippen LogP contribution >= 0.6 is 0 Å². The van der Waals surface area contributed by atoms with Crippen molar-refractivity contribution < 1.29 is 17.6 Å². The number of halogens is 1. The summed E-state index contributed by atoms with van der Waals surface area (Å²) >= 11 is 0. The predicted molar refractivity (Wildman–Crippen MR) is 104 cm³/mol. The van der Waals surface area contributed by atoms with Gasteiger partial charge in [0.15, 0.2) is 0 Å². The van der Waals surface area contributed by atoms with Crippen LogP contribution in [0.5, 0.6) is 0 Å². The SMILES string of the molecule is CCN(CC)S(=O)(=O)c1cc(C(=O)Nc2ccc(-n3cnnn3)cc2)ccc1F. The van der Waals surface area contributed by atoms with E-state index in [1.54, 1.807) is 38.1 Å². The molecule has 0 saturated heterocycles. The van der Waals surface area contributed by atoms with Crippen LogP contribution < -0.4 is 5.32 Å². The average molecular weight is 418 g/mol. The normalized spacial score (nSPS) is 11.6. The smallest absolute Gasteiger partial charge is 0.255 e. The van der Waals surface area contributed by atoms with E-state index in [1.807, 2.05) is 0 Å². The first-order chi connectivity index (χ1) is 13.9. The van der Waals surface area contributed by atoms with Crippen molar-refractivity contribution in [2.45, 2.75) is 18.7 Å². The molecule has 0 bridgehead atoms. The number of sulfonamides is 1. The van der Waals surface area contributed by atoms with E-state index in [-0.39, 0.29) is 18.7 Å². The summed E-state index contributed by atoms with van der Waals surface area (Å²) in [6.07, 6.45) is 1.43. The molecule has 0 spiro atoms. The van der Waals surface area contributed by atoms with Crippen molar-refractivity contribution in [3.63, 3.8) is 0 Å². The zero-order valence-electron chi connectivity index (χ0n) is 15.8. The molecule has 3 rings (SSSR count). The van der Waals surface area contributed by atoms with E-state index < -0.39 is 26.6 Å². The monoisotopic (exact) mass is 418 g/mol. The first kappa shape index (κ1) is 20.6. The third-order valence-electron chi connectivity index (χ3n) is 4.26. The molecule has 0 unspecified atom stereocenters. The lowest BCUT2D eigenvalue weighted by atomic mass is 10.2. The van der Waals surface area contributed by atoms with Gasteiger partial charge in [-0.05, 0) is 52.9 Å². The molecule has 1 heterocycles. The molecule has 0 atom stereocenters. The zero-order chi connectivity index (χ0) is 21.0. The highest BCUT2D eigenvalue weighted by Gasteiger charge is 2.26. The Morgan fingerprint density at radius 2 is 1.83 bits per heavy atom. The number of carbonyl (C=O) groups is 1. The van der Waals surface area contributed by atoms with Crippen molar-refractivity contribution in [1.82, 2.24) is 24.5 Å². The largest absolute Gasteiger partial charge is 0.322 e. The van der Waals surface area contributed by atoms with Crippen molar-refractivity contribution >= 4 is 21.6 Å². The Hall–Kier alpha value is -3.18. The maximum Gasteiger partial charge on any atom is 0.255 e. The number of rotatable bonds is 7. The molecule has 0 aliphatic heterocycles. The van der Waals surface area contributed by atoms with Gasteiger partial charge in [0.05, 0.1) is 5.69 Å². The second kappa shape index (κ2) is 8.45. The van der Waals surface area contributed by atoms with Gasteiger partial charge < -0.3 is 5.32 Å². The van der Waals surface area contributed by atoms with Gasteiger partial charge in [0, 0.05) is 24.3 Å². The number of anilines is 1. The fraction of sp³-hybridized carbons (Fsp3) is 0.222. The second-order valence-electron chi connectivity index (χ2n) is 5.99. The molecule has 3 aromatic rings. The van der Waals surface area contributed by atoms with Gasteiger partial charge in [0.2, 0.25) is 10.0 Å². The Bertz CT molecular complexity index is 1100. The molecule has 1 N–H and O–H groups in total. The molecule has 1 amide bonds. The first-order valence-electron chi connectivity index (χ1n) is 8.81. The van der Waals surface area contributed by atoms with Gasteiger partial charge in [-0.2, -0.15) is 4.31 Å². The maximum absolute atomic E-state index is 14.2. The maximum atomic E-state index is 14.2. The van der Waals surface area contributed by atoms with Crippen molar-refractivity contribution in [2.24, 2.45) is 0 Å². The van der Waals surface area contributed by atoms with Crippen LogP contribution in [-0.2, 0) is 10.0 Å². The summed E-state index contributed by atoms with van der Waals surface area (Å²) in [6, 6.07) is 9.96. The van der Waals surface area contributed by atoms with Crippen LogP contribution in [0.3, 0.4) is 0 Å². The molecule has 1 aromatic heterocycles. The fourth-order valence-corrected chi connectivity index (χ4v) is 4.27. The fourth-order valence-electron chi connectivity index (χ4n) is 2.73. The molecule has 2 aromatic carbocycles. The summed E-state index contributed by atoms with van der Waals surface area (Å²) in [4.78, 5) is 12.0. The topological polar surface area (TPSA) is 110 Å². The van der Waals surface area contributed by atoms with Crippen LogP contribution in [0.25, 0.3) is 5.69 Å². The second-order valence-corrected chi connectivity index (χ2v) is 7.90. The molecule has 29 heavy (non-hydrogen) atoms. The standard InChI is InChI=1S/C18H19FN6O3S/c1-3-24(4-2)29(27,28)17-11-13(5-10-16(17)19)18(26)21-14-6-8-15(9-7-14)25-12-20-22-23-25/h5-12H,3-4H2,1-2H3,(H,21,26). The molecule has 0 radical (unpaired) electrons. The molecule has 0 aliphatic rings. The Morgan fingerprint density at radius 3 is 2.41 bits per heavy atom. The summed E-state index contributed by atoms with van der Waals surface area (Å²) in [7, 11) is -4.03. The van der Waals surface area contributed by atoms with Crippen LogP contribution in [0.2, 0.25) is 0 Å². The van der Waals surface area contributed by atoms with Crippen molar-refractivity contribution in [3.8, 4) is 5.69 Å². The van der Waals surface area contributed by atoms with Gasteiger partial charge in [0.1, 0.15) is 17.0 Å². The van der Waals surface area contributed by atoms with E-state index in [4.69, 9.17) is 0 Å². The molecular weight excluding hydrogens is 399 g/mol. The number of aromatic nitrogens is 4.